The summed E-state index contributed by atoms with van der Waals surface area (Å²) >= 11 is 0. The lowest BCUT2D eigenvalue weighted by molar-refractivity contribution is -0.108. The summed E-state index contributed by atoms with van der Waals surface area (Å²) in [7, 11) is -6.88. The molecule has 0 amide bonds. The molecule has 4 atom stereocenters. The second-order valence-electron chi connectivity index (χ2n) is 17.4. The highest BCUT2D eigenvalue weighted by Gasteiger charge is 2.51. The summed E-state index contributed by atoms with van der Waals surface area (Å²) < 4.78 is 21.4. The van der Waals surface area contributed by atoms with Crippen LogP contribution in [0.2, 0.25) is 41.3 Å². The molecule has 0 N–H and O–H groups in total. The second-order valence-corrected chi connectivity index (χ2v) is 31.2. The van der Waals surface area contributed by atoms with Crippen molar-refractivity contribution < 1.29 is 18.1 Å². The van der Waals surface area contributed by atoms with Gasteiger partial charge in [-0.1, -0.05) is 149 Å². The minimum atomic E-state index is -2.70. The van der Waals surface area contributed by atoms with Gasteiger partial charge in [-0.3, -0.25) is 0 Å². The maximum absolute atomic E-state index is 11.7. The van der Waals surface area contributed by atoms with E-state index in [1.807, 2.05) is 0 Å². The topological polar surface area (TPSA) is 44.8 Å². The number of rotatable bonds is 15. The van der Waals surface area contributed by atoms with Gasteiger partial charge >= 0.3 is 0 Å². The van der Waals surface area contributed by atoms with Crippen LogP contribution in [0.5, 0.6) is 0 Å². The first-order valence-electron chi connectivity index (χ1n) is 17.2. The van der Waals surface area contributed by atoms with Crippen molar-refractivity contribution in [2.45, 2.75) is 136 Å². The van der Waals surface area contributed by atoms with Crippen LogP contribution in [0.3, 0.4) is 0 Å². The Labute approximate surface area is 286 Å². The van der Waals surface area contributed by atoms with E-state index in [-0.39, 0.29) is 39.2 Å². The van der Waals surface area contributed by atoms with Gasteiger partial charge in [-0.05, 0) is 57.6 Å². The third-order valence-electron chi connectivity index (χ3n) is 10.5. The average Bonchev–Trinajstić information content (AvgIpc) is 2.94. The number of carbonyl (C=O) groups excluding carboxylic acids is 1. The summed E-state index contributed by atoms with van der Waals surface area (Å²) in [6.45, 7) is 34.9. The zero-order valence-corrected chi connectivity index (χ0v) is 34.9. The van der Waals surface area contributed by atoms with Gasteiger partial charge in [0.25, 0.3) is 8.32 Å². The van der Waals surface area contributed by atoms with Gasteiger partial charge in [-0.2, -0.15) is 0 Å². The number of benzene rings is 2. The molecule has 0 radical (unpaired) electrons. The molecule has 46 heavy (non-hydrogen) atoms. The highest BCUT2D eigenvalue weighted by atomic mass is 28.4. The molecule has 4 nitrogen and oxygen atoms in total. The van der Waals surface area contributed by atoms with Crippen molar-refractivity contribution in [2.24, 2.45) is 11.8 Å². The fraction of sp³-hybridized carbons (Fsp3) is 0.615. The monoisotopic (exact) mass is 682 g/mol. The van der Waals surface area contributed by atoms with E-state index in [0.717, 1.165) is 6.29 Å². The molecular weight excluding hydrogens is 617 g/mol. The number of hydrogen-bond donors (Lipinski definition) is 0. The van der Waals surface area contributed by atoms with Gasteiger partial charge in [0.05, 0.1) is 12.2 Å². The molecule has 0 saturated carbocycles. The van der Waals surface area contributed by atoms with E-state index in [9.17, 15) is 4.79 Å². The first-order chi connectivity index (χ1) is 21.0. The van der Waals surface area contributed by atoms with Crippen LogP contribution >= 0.6 is 0 Å². The zero-order valence-electron chi connectivity index (χ0n) is 31.9. The molecule has 2 rings (SSSR count). The normalized spacial score (nSPS) is 16.7. The lowest BCUT2D eigenvalue weighted by Crippen LogP contribution is -2.67. The minimum Gasteiger partial charge on any atom is -0.413 e. The fourth-order valence-electron chi connectivity index (χ4n) is 5.60. The van der Waals surface area contributed by atoms with E-state index in [1.165, 1.54) is 10.4 Å². The molecule has 0 unspecified atom stereocenters. The first-order valence-corrected chi connectivity index (χ1v) is 25.0. The van der Waals surface area contributed by atoms with E-state index in [4.69, 9.17) is 13.3 Å². The Balaban J connectivity index is 2.53. The van der Waals surface area contributed by atoms with Gasteiger partial charge in [0, 0.05) is 18.9 Å². The van der Waals surface area contributed by atoms with Crippen LogP contribution in [0.4, 0.5) is 0 Å². The molecule has 0 bridgehead atoms. The number of carbonyl (C=O) groups is 1. The summed E-state index contributed by atoms with van der Waals surface area (Å²) in [5.41, 5.74) is 0. The van der Waals surface area contributed by atoms with Gasteiger partial charge < -0.3 is 18.1 Å². The zero-order chi connectivity index (χ0) is 35.2. The van der Waals surface area contributed by atoms with E-state index >= 15 is 0 Å². The predicted octanol–water partition coefficient (Wildman–Crippen LogP) is 9.76. The van der Waals surface area contributed by atoms with Crippen molar-refractivity contribution in [2.75, 3.05) is 6.61 Å². The maximum atomic E-state index is 11.7. The Kier molecular flexibility index (Phi) is 13.9. The smallest absolute Gasteiger partial charge is 0.261 e. The molecule has 0 saturated heterocycles. The highest BCUT2D eigenvalue weighted by molar-refractivity contribution is 6.99. The van der Waals surface area contributed by atoms with Crippen LogP contribution < -0.4 is 10.4 Å². The van der Waals surface area contributed by atoms with Crippen molar-refractivity contribution in [3.05, 3.63) is 72.8 Å². The lowest BCUT2D eigenvalue weighted by atomic mass is 9.93. The molecule has 258 valence electrons. The Morgan fingerprint density at radius 1 is 0.652 bits per heavy atom. The lowest BCUT2D eigenvalue weighted by Gasteiger charge is -2.45. The van der Waals surface area contributed by atoms with Gasteiger partial charge in [-0.25, -0.2) is 0 Å². The first kappa shape index (κ1) is 40.6. The van der Waals surface area contributed by atoms with Crippen LogP contribution in [0.25, 0.3) is 0 Å². The summed E-state index contributed by atoms with van der Waals surface area (Å²) in [5.74, 6) is 0.227. The predicted molar refractivity (Wildman–Crippen MR) is 206 cm³/mol. The third kappa shape index (κ3) is 9.96. The number of hydrogen-bond acceptors (Lipinski definition) is 4. The van der Waals surface area contributed by atoms with Crippen LogP contribution in [0.15, 0.2) is 72.8 Å². The Morgan fingerprint density at radius 3 is 1.48 bits per heavy atom. The van der Waals surface area contributed by atoms with Crippen molar-refractivity contribution in [3.8, 4) is 0 Å². The maximum Gasteiger partial charge on any atom is 0.261 e. The van der Waals surface area contributed by atoms with E-state index in [0.29, 0.717) is 13.0 Å². The molecule has 0 heterocycles. The fourth-order valence-corrected chi connectivity index (χ4v) is 13.0. The van der Waals surface area contributed by atoms with E-state index in [1.54, 1.807) is 0 Å². The SMILES string of the molecule is C[C@@H](/C=C\[C@@H](CC=O)O[Si](C)(C)C(C)(C)C)[C@H](O[Si](C)(C)C(C)(C)C)[C@@H](C)CO[Si](c1ccccc1)(c1ccccc1)C(C)(C)C. The van der Waals surface area contributed by atoms with Crippen molar-refractivity contribution in [3.63, 3.8) is 0 Å². The molecule has 0 aliphatic rings. The molecule has 0 spiro atoms. The van der Waals surface area contributed by atoms with Crippen molar-refractivity contribution in [1.29, 1.82) is 0 Å². The Hall–Kier alpha value is -1.62. The Morgan fingerprint density at radius 2 is 1.09 bits per heavy atom. The summed E-state index contributed by atoms with van der Waals surface area (Å²) in [6, 6.07) is 21.7. The third-order valence-corrected chi connectivity index (χ3v) is 24.5. The van der Waals surface area contributed by atoms with Gasteiger partial charge in [0.15, 0.2) is 16.6 Å². The summed E-state index contributed by atoms with van der Waals surface area (Å²) in [6.07, 6.45) is 5.40. The van der Waals surface area contributed by atoms with Gasteiger partial charge in [0.2, 0.25) is 0 Å². The summed E-state index contributed by atoms with van der Waals surface area (Å²) in [4.78, 5) is 11.7. The minimum absolute atomic E-state index is 0.0555. The largest absolute Gasteiger partial charge is 0.413 e. The quantitative estimate of drug-likeness (QED) is 0.107. The molecule has 0 aromatic heterocycles. The number of aldehydes is 1. The van der Waals surface area contributed by atoms with Crippen LogP contribution in [0.1, 0.15) is 82.6 Å². The molecule has 0 aliphatic heterocycles. The molecular formula is C39H66O4Si3. The van der Waals surface area contributed by atoms with Gasteiger partial charge in [0.1, 0.15) is 6.29 Å². The molecule has 7 heteroatoms. The van der Waals surface area contributed by atoms with Crippen LogP contribution in [-0.4, -0.2) is 50.1 Å². The van der Waals surface area contributed by atoms with Gasteiger partial charge in [-0.15, -0.1) is 0 Å². The standard InChI is InChI=1S/C39H66O4Si3/c1-31(26-27-33(28-29-40)42-44(12,13)37(3,4)5)36(43-45(14,15)38(6,7)8)32(2)30-41-46(39(9,10)11,34-22-18-16-19-23-34)35-24-20-17-21-25-35/h16-27,29,31-33,36H,28,30H2,1-15H3/b27-26-/t31-,32-,33-,36-/m0/s1. The molecule has 0 aliphatic carbocycles. The van der Waals surface area contributed by atoms with Crippen LogP contribution in [-0.2, 0) is 18.1 Å². The average molecular weight is 683 g/mol. The molecule has 0 fully saturated rings. The molecule has 2 aromatic rings. The Bertz CT molecular complexity index is 1200. The van der Waals surface area contributed by atoms with E-state index in [2.05, 4.69) is 175 Å². The van der Waals surface area contributed by atoms with Crippen molar-refractivity contribution in [1.82, 2.24) is 0 Å². The van der Waals surface area contributed by atoms with Crippen molar-refractivity contribution >= 4 is 41.6 Å². The van der Waals surface area contributed by atoms with E-state index < -0.39 is 25.0 Å². The van der Waals surface area contributed by atoms with Crippen LogP contribution in [0, 0.1) is 11.8 Å². The second kappa shape index (κ2) is 15.7. The highest BCUT2D eigenvalue weighted by Crippen LogP contribution is 2.41. The summed E-state index contributed by atoms with van der Waals surface area (Å²) in [5, 5.41) is 2.61. The molecule has 2 aromatic carbocycles.